The van der Waals surface area contributed by atoms with Gasteiger partial charge >= 0.3 is 6.18 Å². The van der Waals surface area contributed by atoms with Crippen LogP contribution in [-0.2, 0) is 19.6 Å². The maximum Gasteiger partial charge on any atom is 0.416 e. The fraction of sp³-hybridized carbons (Fsp3) is 0.308. The molecule has 1 unspecified atom stereocenters. The van der Waals surface area contributed by atoms with Gasteiger partial charge in [0.2, 0.25) is 0 Å². The van der Waals surface area contributed by atoms with E-state index in [0.717, 1.165) is 6.07 Å². The van der Waals surface area contributed by atoms with E-state index >= 15 is 0 Å². The van der Waals surface area contributed by atoms with Crippen molar-refractivity contribution in [2.75, 3.05) is 0 Å². The molecule has 0 amide bonds. The highest BCUT2D eigenvalue weighted by Gasteiger charge is 2.35. The maximum atomic E-state index is 13.0. The van der Waals surface area contributed by atoms with Crippen molar-refractivity contribution in [3.8, 4) is 0 Å². The van der Waals surface area contributed by atoms with Crippen molar-refractivity contribution in [3.05, 3.63) is 51.8 Å². The topological polar surface area (TPSA) is 38.0 Å². The number of benzene rings is 1. The van der Waals surface area contributed by atoms with Gasteiger partial charge in [-0.3, -0.25) is 4.68 Å². The lowest BCUT2D eigenvalue weighted by Crippen LogP contribution is -2.13. The Labute approximate surface area is 122 Å². The molecule has 1 atom stereocenters. The monoisotopic (exact) mass is 348 g/mol. The molecule has 1 aromatic carbocycles. The van der Waals surface area contributed by atoms with Crippen LogP contribution in [0.15, 0.2) is 34.9 Å². The first-order valence-electron chi connectivity index (χ1n) is 5.80. The summed E-state index contributed by atoms with van der Waals surface area (Å²) < 4.78 is 40.8. The molecule has 3 nitrogen and oxygen atoms in total. The second-order valence-corrected chi connectivity index (χ2v) is 5.35. The first kappa shape index (κ1) is 15.1. The SMILES string of the molecule is Cn1ccc(CC(O)c2ccc(Br)cc2C(F)(F)F)n1. The predicted molar refractivity (Wildman–Crippen MR) is 71.0 cm³/mol. The molecule has 1 aromatic heterocycles. The Morgan fingerprint density at radius 2 is 2.05 bits per heavy atom. The highest BCUT2D eigenvalue weighted by Crippen LogP contribution is 2.37. The summed E-state index contributed by atoms with van der Waals surface area (Å²) in [6.07, 6.45) is -4.06. The van der Waals surface area contributed by atoms with E-state index in [9.17, 15) is 18.3 Å². The van der Waals surface area contributed by atoms with Crippen LogP contribution in [0.3, 0.4) is 0 Å². The van der Waals surface area contributed by atoms with Crippen LogP contribution in [0.25, 0.3) is 0 Å². The van der Waals surface area contributed by atoms with E-state index < -0.39 is 17.8 Å². The predicted octanol–water partition coefficient (Wildman–Crippen LogP) is 3.48. The molecule has 1 heterocycles. The van der Waals surface area contributed by atoms with Crippen molar-refractivity contribution >= 4 is 15.9 Å². The molecule has 0 aliphatic rings. The van der Waals surface area contributed by atoms with Crippen molar-refractivity contribution < 1.29 is 18.3 Å². The molecule has 20 heavy (non-hydrogen) atoms. The number of halogens is 4. The van der Waals surface area contributed by atoms with Crippen molar-refractivity contribution in [2.45, 2.75) is 18.7 Å². The van der Waals surface area contributed by atoms with E-state index in [-0.39, 0.29) is 12.0 Å². The summed E-state index contributed by atoms with van der Waals surface area (Å²) in [5, 5.41) is 14.1. The lowest BCUT2D eigenvalue weighted by atomic mass is 9.99. The molecule has 108 valence electrons. The van der Waals surface area contributed by atoms with Crippen molar-refractivity contribution in [2.24, 2.45) is 7.05 Å². The summed E-state index contributed by atoms with van der Waals surface area (Å²) in [4.78, 5) is 0. The second-order valence-electron chi connectivity index (χ2n) is 4.43. The number of aromatic nitrogens is 2. The van der Waals surface area contributed by atoms with E-state index in [1.165, 1.54) is 16.8 Å². The molecule has 0 saturated carbocycles. The molecule has 2 aromatic rings. The standard InChI is InChI=1S/C13H12BrF3N2O/c1-19-5-4-9(18-19)7-12(20)10-3-2-8(14)6-11(10)13(15,16)17/h2-6,12,20H,7H2,1H3. The molecular weight excluding hydrogens is 337 g/mol. The van der Waals surface area contributed by atoms with E-state index in [1.54, 1.807) is 19.3 Å². The first-order chi connectivity index (χ1) is 9.27. The Morgan fingerprint density at radius 1 is 1.35 bits per heavy atom. The second kappa shape index (κ2) is 5.57. The zero-order valence-electron chi connectivity index (χ0n) is 10.5. The van der Waals surface area contributed by atoms with E-state index in [2.05, 4.69) is 21.0 Å². The average molecular weight is 349 g/mol. The normalized spacial score (nSPS) is 13.5. The van der Waals surface area contributed by atoms with Gasteiger partial charge in [0, 0.05) is 24.1 Å². The quantitative estimate of drug-likeness (QED) is 0.922. The molecule has 0 bridgehead atoms. The van der Waals surface area contributed by atoms with Crippen LogP contribution >= 0.6 is 15.9 Å². The molecule has 0 saturated heterocycles. The summed E-state index contributed by atoms with van der Waals surface area (Å²) in [5.41, 5.74) is -0.447. The molecule has 1 N–H and O–H groups in total. The minimum Gasteiger partial charge on any atom is -0.388 e. The molecule has 0 spiro atoms. The highest BCUT2D eigenvalue weighted by atomic mass is 79.9. The van der Waals surface area contributed by atoms with Gasteiger partial charge in [0.15, 0.2) is 0 Å². The zero-order valence-corrected chi connectivity index (χ0v) is 12.1. The van der Waals surface area contributed by atoms with Crippen LogP contribution in [0.5, 0.6) is 0 Å². The Bertz CT molecular complexity index is 610. The van der Waals surface area contributed by atoms with Gasteiger partial charge in [-0.05, 0) is 23.8 Å². The van der Waals surface area contributed by atoms with Gasteiger partial charge in [-0.2, -0.15) is 18.3 Å². The fourth-order valence-electron chi connectivity index (χ4n) is 1.94. The fourth-order valence-corrected chi connectivity index (χ4v) is 2.31. The van der Waals surface area contributed by atoms with Gasteiger partial charge in [-0.1, -0.05) is 22.0 Å². The number of hydrogen-bond donors (Lipinski definition) is 1. The molecule has 0 fully saturated rings. The van der Waals surface area contributed by atoms with Gasteiger partial charge in [0.1, 0.15) is 0 Å². The van der Waals surface area contributed by atoms with Crippen LogP contribution in [0.1, 0.15) is 22.9 Å². The van der Waals surface area contributed by atoms with Gasteiger partial charge in [0.05, 0.1) is 17.4 Å². The number of aryl methyl sites for hydroxylation is 1. The lowest BCUT2D eigenvalue weighted by Gasteiger charge is -2.17. The third-order valence-electron chi connectivity index (χ3n) is 2.85. The number of aliphatic hydroxyl groups excluding tert-OH is 1. The van der Waals surface area contributed by atoms with Crippen LogP contribution in [0.4, 0.5) is 13.2 Å². The third-order valence-corrected chi connectivity index (χ3v) is 3.34. The van der Waals surface area contributed by atoms with Gasteiger partial charge < -0.3 is 5.11 Å². The first-order valence-corrected chi connectivity index (χ1v) is 6.60. The van der Waals surface area contributed by atoms with Gasteiger partial charge in [0.25, 0.3) is 0 Å². The molecule has 0 radical (unpaired) electrons. The molecule has 0 aliphatic carbocycles. The number of aliphatic hydroxyl groups is 1. The van der Waals surface area contributed by atoms with Crippen molar-refractivity contribution in [1.82, 2.24) is 9.78 Å². The summed E-state index contributed by atoms with van der Waals surface area (Å²) in [7, 11) is 1.71. The summed E-state index contributed by atoms with van der Waals surface area (Å²) >= 11 is 3.01. The Kier molecular flexibility index (Phi) is 4.19. The molecule has 7 heteroatoms. The van der Waals surface area contributed by atoms with E-state index in [1.807, 2.05) is 0 Å². The average Bonchev–Trinajstić information content (AvgIpc) is 2.73. The van der Waals surface area contributed by atoms with E-state index in [0.29, 0.717) is 10.2 Å². The Balaban J connectivity index is 2.32. The van der Waals surface area contributed by atoms with Gasteiger partial charge in [-0.25, -0.2) is 0 Å². The number of nitrogens with zero attached hydrogens (tertiary/aromatic N) is 2. The Morgan fingerprint density at radius 3 is 2.60 bits per heavy atom. The van der Waals surface area contributed by atoms with Gasteiger partial charge in [-0.15, -0.1) is 0 Å². The smallest absolute Gasteiger partial charge is 0.388 e. The minimum atomic E-state index is -4.51. The summed E-state index contributed by atoms with van der Waals surface area (Å²) in [6, 6.07) is 5.39. The Hall–Kier alpha value is -1.34. The van der Waals surface area contributed by atoms with Crippen molar-refractivity contribution in [1.29, 1.82) is 0 Å². The zero-order chi connectivity index (χ0) is 14.9. The van der Waals surface area contributed by atoms with Crippen LogP contribution in [-0.4, -0.2) is 14.9 Å². The maximum absolute atomic E-state index is 13.0. The largest absolute Gasteiger partial charge is 0.416 e. The lowest BCUT2D eigenvalue weighted by molar-refractivity contribution is -0.139. The molecule has 2 rings (SSSR count). The minimum absolute atomic E-state index is 0.0333. The van der Waals surface area contributed by atoms with Crippen LogP contribution < -0.4 is 0 Å². The summed E-state index contributed by atoms with van der Waals surface area (Å²) in [5.74, 6) is 0. The van der Waals surface area contributed by atoms with Crippen LogP contribution in [0.2, 0.25) is 0 Å². The van der Waals surface area contributed by atoms with Crippen molar-refractivity contribution in [3.63, 3.8) is 0 Å². The summed E-state index contributed by atoms with van der Waals surface area (Å²) in [6.45, 7) is 0. The molecular formula is C13H12BrF3N2O. The number of hydrogen-bond acceptors (Lipinski definition) is 2. The van der Waals surface area contributed by atoms with Crippen LogP contribution in [0, 0.1) is 0 Å². The molecule has 0 aliphatic heterocycles. The third kappa shape index (κ3) is 3.40. The highest BCUT2D eigenvalue weighted by molar-refractivity contribution is 9.10. The number of alkyl halides is 3. The number of rotatable bonds is 3. The van der Waals surface area contributed by atoms with E-state index in [4.69, 9.17) is 0 Å².